The van der Waals surface area contributed by atoms with Crippen LogP contribution in [0.15, 0.2) is 66.9 Å². The van der Waals surface area contributed by atoms with E-state index in [1.807, 2.05) is 36.4 Å². The molecule has 2 aromatic carbocycles. The summed E-state index contributed by atoms with van der Waals surface area (Å²) in [5.74, 6) is -0.190. The fourth-order valence-electron chi connectivity index (χ4n) is 4.13. The van der Waals surface area contributed by atoms with E-state index >= 15 is 0 Å². The first-order valence-corrected chi connectivity index (χ1v) is 11.9. The molecule has 0 saturated carbocycles. The Balaban J connectivity index is 1.36. The van der Waals surface area contributed by atoms with Crippen molar-refractivity contribution in [2.24, 2.45) is 0 Å². The second-order valence-electron chi connectivity index (χ2n) is 9.80. The van der Waals surface area contributed by atoms with Crippen molar-refractivity contribution in [1.82, 2.24) is 9.88 Å². The largest absolute Gasteiger partial charge is 0.355 e. The van der Waals surface area contributed by atoms with Gasteiger partial charge in [0.05, 0.1) is 17.4 Å². The summed E-state index contributed by atoms with van der Waals surface area (Å²) in [5, 5.41) is 2.90. The van der Waals surface area contributed by atoms with E-state index in [4.69, 9.17) is 0 Å². The van der Waals surface area contributed by atoms with Gasteiger partial charge in [0.15, 0.2) is 0 Å². The highest BCUT2D eigenvalue weighted by Crippen LogP contribution is 2.23. The van der Waals surface area contributed by atoms with Gasteiger partial charge in [-0.25, -0.2) is 9.37 Å². The van der Waals surface area contributed by atoms with E-state index in [2.05, 4.69) is 36.0 Å². The Hall–Kier alpha value is -3.74. The van der Waals surface area contributed by atoms with E-state index < -0.39 is 5.82 Å². The Morgan fingerprint density at radius 3 is 2.31 bits per heavy atom. The van der Waals surface area contributed by atoms with Crippen LogP contribution in [0.4, 0.5) is 15.9 Å². The summed E-state index contributed by atoms with van der Waals surface area (Å²) in [5.41, 5.74) is 2.52. The molecule has 1 aliphatic heterocycles. The molecule has 0 bridgehead atoms. The number of carbonyl (C=O) groups is 2. The number of pyridine rings is 1. The van der Waals surface area contributed by atoms with Crippen molar-refractivity contribution in [3.8, 4) is 0 Å². The number of carbonyl (C=O) groups excluding carboxylic acids is 2. The molecule has 1 aliphatic rings. The van der Waals surface area contributed by atoms with Gasteiger partial charge in [-0.3, -0.25) is 9.59 Å². The summed E-state index contributed by atoms with van der Waals surface area (Å²) >= 11 is 0. The number of anilines is 2. The van der Waals surface area contributed by atoms with Crippen molar-refractivity contribution in [1.29, 1.82) is 0 Å². The molecule has 7 heteroatoms. The normalized spacial score (nSPS) is 14.4. The molecule has 1 N–H and O–H groups in total. The molecule has 0 unspecified atom stereocenters. The third-order valence-corrected chi connectivity index (χ3v) is 6.23. The van der Waals surface area contributed by atoms with Crippen LogP contribution < -0.4 is 10.2 Å². The number of amides is 2. The molecule has 1 fully saturated rings. The van der Waals surface area contributed by atoms with Gasteiger partial charge in [-0.1, -0.05) is 45.0 Å². The molecule has 6 nitrogen and oxygen atoms in total. The minimum Gasteiger partial charge on any atom is -0.355 e. The lowest BCUT2D eigenvalue weighted by Crippen LogP contribution is -2.35. The number of nitrogens with zero attached hydrogens (tertiary/aromatic N) is 3. The van der Waals surface area contributed by atoms with Crippen molar-refractivity contribution in [3.63, 3.8) is 0 Å². The summed E-state index contributed by atoms with van der Waals surface area (Å²) < 4.78 is 14.0. The second kappa shape index (κ2) is 10.3. The summed E-state index contributed by atoms with van der Waals surface area (Å²) in [7, 11) is 0. The molecule has 0 atom stereocenters. The van der Waals surface area contributed by atoms with Gasteiger partial charge in [0.1, 0.15) is 11.6 Å². The van der Waals surface area contributed by atoms with Crippen molar-refractivity contribution in [2.75, 3.05) is 36.4 Å². The smallest absolute Gasteiger partial charge is 0.256 e. The van der Waals surface area contributed by atoms with E-state index in [0.29, 0.717) is 30.9 Å². The first-order valence-electron chi connectivity index (χ1n) is 11.9. The number of rotatable bonds is 4. The van der Waals surface area contributed by atoms with Crippen LogP contribution in [-0.2, 0) is 5.41 Å². The van der Waals surface area contributed by atoms with Crippen LogP contribution in [0.1, 0.15) is 53.5 Å². The van der Waals surface area contributed by atoms with Gasteiger partial charge >= 0.3 is 0 Å². The van der Waals surface area contributed by atoms with Crippen LogP contribution in [0.25, 0.3) is 0 Å². The quantitative estimate of drug-likeness (QED) is 0.570. The molecule has 35 heavy (non-hydrogen) atoms. The lowest BCUT2D eigenvalue weighted by Gasteiger charge is -2.23. The zero-order valence-electron chi connectivity index (χ0n) is 20.4. The summed E-state index contributed by atoms with van der Waals surface area (Å²) in [6, 6.07) is 17.4. The minimum absolute atomic E-state index is 0.0319. The van der Waals surface area contributed by atoms with Gasteiger partial charge in [-0.05, 0) is 53.8 Å². The molecular weight excluding hydrogens is 443 g/mol. The Bertz CT molecular complexity index is 1190. The highest BCUT2D eigenvalue weighted by molar-refractivity contribution is 6.04. The summed E-state index contributed by atoms with van der Waals surface area (Å²) in [6.45, 7) is 8.79. The maximum Gasteiger partial charge on any atom is 0.256 e. The summed E-state index contributed by atoms with van der Waals surface area (Å²) in [4.78, 5) is 33.7. The highest BCUT2D eigenvalue weighted by atomic mass is 19.1. The SMILES string of the molecule is CC(C)(C)c1ccc(C(=O)Nc2ccc(N3CCCN(C(=O)c4ccccc4F)CC3)nc2)cc1. The van der Waals surface area contributed by atoms with Gasteiger partial charge in [0.2, 0.25) is 0 Å². The van der Waals surface area contributed by atoms with Gasteiger partial charge in [0.25, 0.3) is 11.8 Å². The Kier molecular flexibility index (Phi) is 7.15. The molecule has 0 aliphatic carbocycles. The molecule has 182 valence electrons. The molecular formula is C28H31FN4O2. The Morgan fingerprint density at radius 2 is 1.66 bits per heavy atom. The van der Waals surface area contributed by atoms with Crippen LogP contribution in [0.3, 0.4) is 0 Å². The molecule has 0 spiro atoms. The molecule has 3 aromatic rings. The van der Waals surface area contributed by atoms with E-state index in [1.54, 1.807) is 23.2 Å². The Morgan fingerprint density at radius 1 is 0.914 bits per heavy atom. The Labute approximate surface area is 205 Å². The fourth-order valence-corrected chi connectivity index (χ4v) is 4.13. The van der Waals surface area contributed by atoms with E-state index in [9.17, 15) is 14.0 Å². The number of aromatic nitrogens is 1. The van der Waals surface area contributed by atoms with Crippen molar-refractivity contribution in [3.05, 3.63) is 89.4 Å². The average Bonchev–Trinajstić information content (AvgIpc) is 3.10. The van der Waals surface area contributed by atoms with Gasteiger partial charge in [-0.15, -0.1) is 0 Å². The molecule has 4 rings (SSSR count). The lowest BCUT2D eigenvalue weighted by atomic mass is 9.87. The molecule has 2 amide bonds. The van der Waals surface area contributed by atoms with Gasteiger partial charge < -0.3 is 15.1 Å². The molecule has 1 saturated heterocycles. The van der Waals surface area contributed by atoms with E-state index in [1.165, 1.54) is 17.7 Å². The number of halogens is 1. The predicted octanol–water partition coefficient (Wildman–Crippen LogP) is 5.12. The fraction of sp³-hybridized carbons (Fsp3) is 0.321. The topological polar surface area (TPSA) is 65.5 Å². The third kappa shape index (κ3) is 5.85. The van der Waals surface area contributed by atoms with Gasteiger partial charge in [-0.2, -0.15) is 0 Å². The second-order valence-corrected chi connectivity index (χ2v) is 9.80. The number of hydrogen-bond donors (Lipinski definition) is 1. The number of benzene rings is 2. The maximum atomic E-state index is 14.0. The van der Waals surface area contributed by atoms with E-state index in [-0.39, 0.29) is 22.8 Å². The van der Waals surface area contributed by atoms with E-state index in [0.717, 1.165) is 18.8 Å². The highest BCUT2D eigenvalue weighted by Gasteiger charge is 2.23. The monoisotopic (exact) mass is 474 g/mol. The maximum absolute atomic E-state index is 14.0. The minimum atomic E-state index is -0.497. The molecule has 1 aromatic heterocycles. The average molecular weight is 475 g/mol. The number of nitrogens with one attached hydrogen (secondary N) is 1. The lowest BCUT2D eigenvalue weighted by molar-refractivity contribution is 0.0762. The summed E-state index contributed by atoms with van der Waals surface area (Å²) in [6.07, 6.45) is 2.40. The zero-order valence-corrected chi connectivity index (χ0v) is 20.4. The van der Waals surface area contributed by atoms with Crippen molar-refractivity contribution < 1.29 is 14.0 Å². The van der Waals surface area contributed by atoms with Crippen molar-refractivity contribution >= 4 is 23.3 Å². The standard InChI is InChI=1S/C28H31FN4O2/c1-28(2,3)21-11-9-20(10-12-21)26(34)31-22-13-14-25(30-19-22)32-15-6-16-33(18-17-32)27(35)23-7-4-5-8-24(23)29/h4-5,7-14,19H,6,15-18H2,1-3H3,(H,31,34). The zero-order chi connectivity index (χ0) is 25.0. The van der Waals surface area contributed by atoms with Crippen LogP contribution in [0, 0.1) is 5.82 Å². The van der Waals surface area contributed by atoms with Crippen LogP contribution >= 0.6 is 0 Å². The third-order valence-electron chi connectivity index (χ3n) is 6.23. The van der Waals surface area contributed by atoms with Crippen LogP contribution in [0.2, 0.25) is 0 Å². The predicted molar refractivity (Wildman–Crippen MR) is 136 cm³/mol. The van der Waals surface area contributed by atoms with Crippen LogP contribution in [-0.4, -0.2) is 47.9 Å². The molecule has 0 radical (unpaired) electrons. The molecule has 2 heterocycles. The first kappa shape index (κ1) is 24.4. The first-order chi connectivity index (χ1) is 16.7. The van der Waals surface area contributed by atoms with Crippen molar-refractivity contribution in [2.45, 2.75) is 32.6 Å². The van der Waals surface area contributed by atoms with Gasteiger partial charge in [0, 0.05) is 31.7 Å². The number of hydrogen-bond acceptors (Lipinski definition) is 4. The van der Waals surface area contributed by atoms with Crippen LogP contribution in [0.5, 0.6) is 0 Å².